The molecule has 1 atom stereocenters. The molecule has 2 N–H and O–H groups in total. The maximum Gasteiger partial charge on any atom is 0.259 e. The van der Waals surface area contributed by atoms with Gasteiger partial charge < -0.3 is 19.6 Å². The molecule has 0 spiro atoms. The van der Waals surface area contributed by atoms with Crippen molar-refractivity contribution in [2.45, 2.75) is 25.8 Å². The molecule has 3 aromatic rings. The summed E-state index contributed by atoms with van der Waals surface area (Å²) in [7, 11) is 0. The second kappa shape index (κ2) is 6.04. The van der Waals surface area contributed by atoms with Crippen LogP contribution < -0.4 is 10.6 Å². The second-order valence-corrected chi connectivity index (χ2v) is 5.94. The van der Waals surface area contributed by atoms with Crippen LogP contribution in [0, 0.1) is 6.92 Å². The molecule has 0 bridgehead atoms. The van der Waals surface area contributed by atoms with E-state index in [0.717, 1.165) is 6.42 Å². The zero-order chi connectivity index (χ0) is 17.4. The van der Waals surface area contributed by atoms with E-state index in [1.807, 2.05) is 0 Å². The van der Waals surface area contributed by atoms with Crippen LogP contribution in [0.15, 0.2) is 33.4 Å². The summed E-state index contributed by atoms with van der Waals surface area (Å²) in [5.74, 6) is -0.0211. The van der Waals surface area contributed by atoms with E-state index >= 15 is 0 Å². The first-order valence-electron chi connectivity index (χ1n) is 8.03. The third-order valence-electron chi connectivity index (χ3n) is 4.23. The van der Waals surface area contributed by atoms with Crippen LogP contribution in [0.25, 0.3) is 22.6 Å². The monoisotopic (exact) mass is 340 g/mol. The van der Waals surface area contributed by atoms with Gasteiger partial charge in [-0.15, -0.1) is 0 Å². The molecule has 0 radical (unpaired) electrons. The van der Waals surface area contributed by atoms with Gasteiger partial charge >= 0.3 is 0 Å². The number of hydrogen-bond acceptors (Lipinski definition) is 6. The molecule has 4 heterocycles. The van der Waals surface area contributed by atoms with Crippen LogP contribution in [-0.4, -0.2) is 34.5 Å². The van der Waals surface area contributed by atoms with Crippen LogP contribution in [0.4, 0.5) is 0 Å². The lowest BCUT2D eigenvalue weighted by atomic mass is 10.0. The van der Waals surface area contributed by atoms with Gasteiger partial charge in [0, 0.05) is 6.54 Å². The zero-order valence-electron chi connectivity index (χ0n) is 13.5. The first-order valence-corrected chi connectivity index (χ1v) is 8.03. The van der Waals surface area contributed by atoms with E-state index in [-0.39, 0.29) is 17.5 Å². The van der Waals surface area contributed by atoms with E-state index in [4.69, 9.17) is 8.94 Å². The van der Waals surface area contributed by atoms with Gasteiger partial charge in [0.15, 0.2) is 5.76 Å². The number of fused-ring (bicyclic) bond motifs is 1. The molecule has 1 aliphatic rings. The molecule has 1 fully saturated rings. The minimum atomic E-state index is -0.545. The average molecular weight is 340 g/mol. The highest BCUT2D eigenvalue weighted by Gasteiger charge is 2.26. The number of piperidine rings is 1. The van der Waals surface area contributed by atoms with E-state index in [1.54, 1.807) is 25.1 Å². The Hall–Kier alpha value is -3.16. The molecular weight excluding hydrogens is 324 g/mol. The summed E-state index contributed by atoms with van der Waals surface area (Å²) >= 11 is 0. The van der Waals surface area contributed by atoms with Crippen molar-refractivity contribution in [1.29, 1.82) is 0 Å². The Balaban J connectivity index is 1.75. The Kier molecular flexibility index (Phi) is 3.72. The number of aryl methyl sites for hydroxylation is 1. The highest BCUT2D eigenvalue weighted by Crippen LogP contribution is 2.27. The largest absolute Gasteiger partial charge is 0.463 e. The Labute approximate surface area is 142 Å². The molecule has 0 aliphatic carbocycles. The van der Waals surface area contributed by atoms with Gasteiger partial charge in [0.25, 0.3) is 11.6 Å². The van der Waals surface area contributed by atoms with Crippen molar-refractivity contribution in [1.82, 2.24) is 20.8 Å². The van der Waals surface area contributed by atoms with E-state index in [1.165, 1.54) is 6.26 Å². The van der Waals surface area contributed by atoms with Crippen LogP contribution >= 0.6 is 0 Å². The molecule has 1 aliphatic heterocycles. The summed E-state index contributed by atoms with van der Waals surface area (Å²) in [6.45, 7) is 2.38. The van der Waals surface area contributed by atoms with Gasteiger partial charge in [0.2, 0.25) is 5.91 Å². The molecule has 8 nitrogen and oxygen atoms in total. The lowest BCUT2D eigenvalue weighted by Gasteiger charge is -2.22. The predicted molar refractivity (Wildman–Crippen MR) is 87.7 cm³/mol. The first kappa shape index (κ1) is 15.4. The number of hydrogen-bond donors (Lipinski definition) is 2. The first-order chi connectivity index (χ1) is 12.1. The Morgan fingerprint density at radius 3 is 3.08 bits per heavy atom. The minimum absolute atomic E-state index is 0.168. The fraction of sp³-hybridized carbons (Fsp3) is 0.294. The Morgan fingerprint density at radius 2 is 2.32 bits per heavy atom. The lowest BCUT2D eigenvalue weighted by molar-refractivity contribution is -0.124. The molecule has 25 heavy (non-hydrogen) atoms. The third-order valence-corrected chi connectivity index (χ3v) is 4.23. The van der Waals surface area contributed by atoms with E-state index < -0.39 is 6.04 Å². The Morgan fingerprint density at radius 1 is 1.44 bits per heavy atom. The topological polar surface area (TPSA) is 110 Å². The van der Waals surface area contributed by atoms with Crippen molar-refractivity contribution < 1.29 is 18.5 Å². The molecule has 3 aromatic heterocycles. The normalized spacial score (nSPS) is 17.5. The summed E-state index contributed by atoms with van der Waals surface area (Å²) in [6.07, 6.45) is 2.96. The molecule has 4 rings (SSSR count). The minimum Gasteiger partial charge on any atom is -0.463 e. The van der Waals surface area contributed by atoms with Gasteiger partial charge in [-0.2, -0.15) is 0 Å². The molecule has 0 aromatic carbocycles. The van der Waals surface area contributed by atoms with Crippen LogP contribution in [0.2, 0.25) is 0 Å². The fourth-order valence-corrected chi connectivity index (χ4v) is 2.97. The van der Waals surface area contributed by atoms with Gasteiger partial charge in [0.1, 0.15) is 11.7 Å². The molecule has 1 saturated heterocycles. The molecule has 0 saturated carbocycles. The number of aromatic nitrogens is 2. The number of furan rings is 1. The maximum absolute atomic E-state index is 12.8. The number of nitrogens with one attached hydrogen (secondary N) is 2. The van der Waals surface area contributed by atoms with Crippen LogP contribution in [0.1, 0.15) is 28.9 Å². The van der Waals surface area contributed by atoms with E-state index in [2.05, 4.69) is 20.8 Å². The quantitative estimate of drug-likeness (QED) is 0.752. The number of carbonyl (C=O) groups excluding carboxylic acids is 2. The number of nitrogens with zero attached hydrogens (tertiary/aromatic N) is 2. The summed E-state index contributed by atoms with van der Waals surface area (Å²) in [5, 5.41) is 9.97. The van der Waals surface area contributed by atoms with E-state index in [9.17, 15) is 9.59 Å². The summed E-state index contributed by atoms with van der Waals surface area (Å²) in [6, 6.07) is 4.56. The highest BCUT2D eigenvalue weighted by atomic mass is 16.5. The Bertz CT molecular complexity index is 945. The summed E-state index contributed by atoms with van der Waals surface area (Å²) < 4.78 is 10.6. The van der Waals surface area contributed by atoms with Crippen molar-refractivity contribution in [3.63, 3.8) is 0 Å². The number of rotatable bonds is 3. The smallest absolute Gasteiger partial charge is 0.259 e. The molecule has 128 valence electrons. The van der Waals surface area contributed by atoms with Crippen LogP contribution in [0.5, 0.6) is 0 Å². The molecule has 8 heteroatoms. The van der Waals surface area contributed by atoms with Crippen molar-refractivity contribution in [2.75, 3.05) is 6.54 Å². The number of pyridine rings is 1. The zero-order valence-corrected chi connectivity index (χ0v) is 13.5. The standard InChI is InChI=1S/C17H16N4O4/c1-9-14-10(15(22)19-11-4-2-6-18-16(11)23)8-12(13-5-3-7-24-13)20-17(14)25-21-9/h3,5,7-8,11H,2,4,6H2,1H3,(H,18,23)(H,19,22)/t11-/m0/s1. The van der Waals surface area contributed by atoms with Crippen LogP contribution in [0.3, 0.4) is 0 Å². The number of amides is 2. The van der Waals surface area contributed by atoms with Crippen LogP contribution in [-0.2, 0) is 4.79 Å². The summed E-state index contributed by atoms with van der Waals surface area (Å²) in [5.41, 5.74) is 1.64. The molecule has 2 amide bonds. The van der Waals surface area contributed by atoms with Crippen molar-refractivity contribution in [2.24, 2.45) is 0 Å². The number of carbonyl (C=O) groups is 2. The molecule has 0 unspecified atom stereocenters. The van der Waals surface area contributed by atoms with Gasteiger partial charge in [0.05, 0.1) is 22.9 Å². The van der Waals surface area contributed by atoms with Gasteiger partial charge in [-0.05, 0) is 38.0 Å². The average Bonchev–Trinajstić information content (AvgIpc) is 3.26. The molecular formula is C17H16N4O4. The highest BCUT2D eigenvalue weighted by molar-refractivity contribution is 6.08. The lowest BCUT2D eigenvalue weighted by Crippen LogP contribution is -2.50. The second-order valence-electron chi connectivity index (χ2n) is 5.94. The summed E-state index contributed by atoms with van der Waals surface area (Å²) in [4.78, 5) is 29.1. The predicted octanol–water partition coefficient (Wildman–Crippen LogP) is 1.80. The fourth-order valence-electron chi connectivity index (χ4n) is 2.97. The van der Waals surface area contributed by atoms with Gasteiger partial charge in [-0.3, -0.25) is 9.59 Å². The van der Waals surface area contributed by atoms with Gasteiger partial charge in [-0.25, -0.2) is 4.98 Å². The van der Waals surface area contributed by atoms with Gasteiger partial charge in [-0.1, -0.05) is 5.16 Å². The SMILES string of the molecule is Cc1noc2nc(-c3ccco3)cc(C(=O)N[C@H]3CCCNC3=O)c12. The van der Waals surface area contributed by atoms with E-state index in [0.29, 0.717) is 41.1 Å². The maximum atomic E-state index is 12.8. The third kappa shape index (κ3) is 2.75. The van der Waals surface area contributed by atoms with Crippen molar-refractivity contribution >= 4 is 22.9 Å². The van der Waals surface area contributed by atoms with Crippen molar-refractivity contribution in [3.8, 4) is 11.5 Å². The van der Waals surface area contributed by atoms with Crippen molar-refractivity contribution in [3.05, 3.63) is 35.7 Å².